The molecule has 2 nitrogen and oxygen atoms in total. The Morgan fingerprint density at radius 3 is 1.43 bits per heavy atom. The van der Waals surface area contributed by atoms with Gasteiger partial charge in [-0.05, 0) is 30.5 Å². The summed E-state index contributed by atoms with van der Waals surface area (Å²) in [6.07, 6.45) is 23.1. The Morgan fingerprint density at radius 1 is 0.571 bits per heavy atom. The molecule has 0 aliphatic carbocycles. The Kier molecular flexibility index (Phi) is 15.0. The number of aryl methyl sites for hydroxylation is 1. The molecular formula is C26H40N2. The lowest BCUT2D eigenvalue weighted by molar-refractivity contribution is 0.529. The predicted octanol–water partition coefficient (Wildman–Crippen LogP) is 8.23. The molecule has 1 rings (SSSR count). The maximum Gasteiger partial charge on any atom is 0.101 e. The monoisotopic (exact) mass is 380 g/mol. The highest BCUT2D eigenvalue weighted by atomic mass is 14.3. The molecule has 1 aromatic rings. The molecule has 0 aliphatic rings. The average Bonchev–Trinajstić information content (AvgIpc) is 2.73. The molecule has 1 aromatic carbocycles. The maximum absolute atomic E-state index is 9.09. The van der Waals surface area contributed by atoms with Gasteiger partial charge in [0.1, 0.15) is 12.1 Å². The SMILES string of the molecule is CCCCCCCCCCCCCCCCCCc1ccc(C#N)c(C#N)c1. The van der Waals surface area contributed by atoms with Crippen LogP contribution in [-0.4, -0.2) is 0 Å². The minimum atomic E-state index is 0.484. The van der Waals surface area contributed by atoms with Crippen LogP contribution in [0.3, 0.4) is 0 Å². The second-order valence-electron chi connectivity index (χ2n) is 8.16. The van der Waals surface area contributed by atoms with Crippen LogP contribution in [0.5, 0.6) is 0 Å². The van der Waals surface area contributed by atoms with Crippen molar-refractivity contribution >= 4 is 0 Å². The summed E-state index contributed by atoms with van der Waals surface area (Å²) in [7, 11) is 0. The summed E-state index contributed by atoms with van der Waals surface area (Å²) < 4.78 is 0. The lowest BCUT2D eigenvalue weighted by atomic mass is 10.0. The van der Waals surface area contributed by atoms with Gasteiger partial charge in [0.15, 0.2) is 0 Å². The molecule has 0 heterocycles. The molecular weight excluding hydrogens is 340 g/mol. The number of nitrogens with zero attached hydrogens (tertiary/aromatic N) is 2. The molecule has 0 bridgehead atoms. The molecule has 0 unspecified atom stereocenters. The Bertz CT molecular complexity index is 591. The van der Waals surface area contributed by atoms with E-state index in [-0.39, 0.29) is 0 Å². The minimum absolute atomic E-state index is 0.484. The van der Waals surface area contributed by atoms with Gasteiger partial charge in [-0.3, -0.25) is 0 Å². The normalized spacial score (nSPS) is 10.5. The van der Waals surface area contributed by atoms with Gasteiger partial charge in [-0.15, -0.1) is 0 Å². The summed E-state index contributed by atoms with van der Waals surface area (Å²) >= 11 is 0. The molecule has 0 aliphatic heterocycles. The highest BCUT2D eigenvalue weighted by molar-refractivity contribution is 5.47. The summed E-state index contributed by atoms with van der Waals surface area (Å²) in [6, 6.07) is 9.84. The van der Waals surface area contributed by atoms with Gasteiger partial charge in [-0.25, -0.2) is 0 Å². The van der Waals surface area contributed by atoms with Crippen molar-refractivity contribution in [3.05, 3.63) is 34.9 Å². The van der Waals surface area contributed by atoms with Crippen molar-refractivity contribution in [3.63, 3.8) is 0 Å². The smallest absolute Gasteiger partial charge is 0.101 e. The first-order valence-electron chi connectivity index (χ1n) is 11.7. The van der Waals surface area contributed by atoms with Crippen molar-refractivity contribution in [2.24, 2.45) is 0 Å². The van der Waals surface area contributed by atoms with Crippen LogP contribution in [0.1, 0.15) is 126 Å². The van der Waals surface area contributed by atoms with Gasteiger partial charge in [0.05, 0.1) is 11.1 Å². The molecule has 154 valence electrons. The fourth-order valence-corrected chi connectivity index (χ4v) is 3.81. The summed E-state index contributed by atoms with van der Waals surface area (Å²) in [5, 5.41) is 18.0. The number of rotatable bonds is 17. The van der Waals surface area contributed by atoms with Crippen molar-refractivity contribution in [1.82, 2.24) is 0 Å². The highest BCUT2D eigenvalue weighted by Gasteiger charge is 2.03. The van der Waals surface area contributed by atoms with E-state index >= 15 is 0 Å². The molecule has 0 amide bonds. The van der Waals surface area contributed by atoms with Gasteiger partial charge in [0.25, 0.3) is 0 Å². The van der Waals surface area contributed by atoms with E-state index in [0.717, 1.165) is 6.42 Å². The molecule has 0 fully saturated rings. The number of hydrogen-bond donors (Lipinski definition) is 0. The van der Waals surface area contributed by atoms with Crippen molar-refractivity contribution in [2.45, 2.75) is 116 Å². The quantitative estimate of drug-likeness (QED) is 0.255. The van der Waals surface area contributed by atoms with Gasteiger partial charge in [-0.1, -0.05) is 109 Å². The molecule has 0 saturated heterocycles. The zero-order chi connectivity index (χ0) is 20.3. The molecule has 2 heteroatoms. The van der Waals surface area contributed by atoms with Gasteiger partial charge in [-0.2, -0.15) is 10.5 Å². The van der Waals surface area contributed by atoms with Crippen LogP contribution in [0.2, 0.25) is 0 Å². The predicted molar refractivity (Wildman–Crippen MR) is 119 cm³/mol. The Labute approximate surface area is 174 Å². The Balaban J connectivity index is 1.88. The van der Waals surface area contributed by atoms with Crippen LogP contribution in [-0.2, 0) is 6.42 Å². The van der Waals surface area contributed by atoms with Crippen molar-refractivity contribution in [3.8, 4) is 12.1 Å². The van der Waals surface area contributed by atoms with Crippen LogP contribution in [0.15, 0.2) is 18.2 Å². The van der Waals surface area contributed by atoms with E-state index in [1.165, 1.54) is 108 Å². The van der Waals surface area contributed by atoms with E-state index < -0.39 is 0 Å². The van der Waals surface area contributed by atoms with Gasteiger partial charge in [0, 0.05) is 0 Å². The minimum Gasteiger partial charge on any atom is -0.192 e. The topological polar surface area (TPSA) is 47.6 Å². The lowest BCUT2D eigenvalue weighted by Gasteiger charge is -2.05. The summed E-state index contributed by atoms with van der Waals surface area (Å²) in [4.78, 5) is 0. The fraction of sp³-hybridized carbons (Fsp3) is 0.692. The van der Waals surface area contributed by atoms with E-state index in [9.17, 15) is 0 Å². The zero-order valence-electron chi connectivity index (χ0n) is 18.1. The second kappa shape index (κ2) is 17.3. The van der Waals surface area contributed by atoms with Crippen molar-refractivity contribution in [2.75, 3.05) is 0 Å². The fourth-order valence-electron chi connectivity index (χ4n) is 3.81. The first-order valence-corrected chi connectivity index (χ1v) is 11.7. The van der Waals surface area contributed by atoms with Crippen molar-refractivity contribution < 1.29 is 0 Å². The van der Waals surface area contributed by atoms with Crippen LogP contribution in [0.4, 0.5) is 0 Å². The Hall–Kier alpha value is -1.80. The van der Waals surface area contributed by atoms with Crippen molar-refractivity contribution in [1.29, 1.82) is 10.5 Å². The molecule has 0 radical (unpaired) electrons. The molecule has 0 atom stereocenters. The van der Waals surface area contributed by atoms with Crippen LogP contribution < -0.4 is 0 Å². The highest BCUT2D eigenvalue weighted by Crippen LogP contribution is 2.16. The number of unbranched alkanes of at least 4 members (excludes halogenated alkanes) is 15. The molecule has 0 N–H and O–H groups in total. The first-order chi connectivity index (χ1) is 13.8. The van der Waals surface area contributed by atoms with Gasteiger partial charge < -0.3 is 0 Å². The third-order valence-corrected chi connectivity index (χ3v) is 5.64. The number of nitriles is 2. The third-order valence-electron chi connectivity index (χ3n) is 5.64. The van der Waals surface area contributed by atoms with E-state index in [4.69, 9.17) is 10.5 Å². The molecule has 0 spiro atoms. The average molecular weight is 381 g/mol. The van der Waals surface area contributed by atoms with Gasteiger partial charge >= 0.3 is 0 Å². The summed E-state index contributed by atoms with van der Waals surface area (Å²) in [5.41, 5.74) is 2.18. The summed E-state index contributed by atoms with van der Waals surface area (Å²) in [5.74, 6) is 0. The standard InChI is InChI=1S/C26H40N2/c1-2-3-4-5-6-7-8-9-10-11-12-13-14-15-16-17-18-24-19-20-25(22-27)26(21-24)23-28/h19-21H,2-18H2,1H3. The van der Waals surface area contributed by atoms with Crippen LogP contribution >= 0.6 is 0 Å². The second-order valence-corrected chi connectivity index (χ2v) is 8.16. The maximum atomic E-state index is 9.09. The first kappa shape index (κ1) is 24.2. The lowest BCUT2D eigenvalue weighted by Crippen LogP contribution is -1.90. The van der Waals surface area contributed by atoms with E-state index in [1.807, 2.05) is 12.1 Å². The van der Waals surface area contributed by atoms with E-state index in [1.54, 1.807) is 6.07 Å². The third kappa shape index (κ3) is 11.8. The molecule has 0 saturated carbocycles. The summed E-state index contributed by atoms with van der Waals surface area (Å²) in [6.45, 7) is 2.28. The number of hydrogen-bond acceptors (Lipinski definition) is 2. The Morgan fingerprint density at radius 2 is 1.00 bits per heavy atom. The van der Waals surface area contributed by atoms with Crippen LogP contribution in [0, 0.1) is 22.7 Å². The van der Waals surface area contributed by atoms with Gasteiger partial charge in [0.2, 0.25) is 0 Å². The van der Waals surface area contributed by atoms with E-state index in [0.29, 0.717) is 11.1 Å². The largest absolute Gasteiger partial charge is 0.192 e. The molecule has 0 aromatic heterocycles. The van der Waals surface area contributed by atoms with E-state index in [2.05, 4.69) is 19.1 Å². The molecule has 28 heavy (non-hydrogen) atoms. The van der Waals surface area contributed by atoms with Crippen LogP contribution in [0.25, 0.3) is 0 Å². The number of benzene rings is 1. The zero-order valence-corrected chi connectivity index (χ0v) is 18.1.